The van der Waals surface area contributed by atoms with Gasteiger partial charge in [0.1, 0.15) is 22.8 Å². The number of anilines is 4. The lowest BCUT2D eigenvalue weighted by Crippen LogP contribution is -2.25. The molecule has 454 valence electrons. The van der Waals surface area contributed by atoms with Crippen molar-refractivity contribution in [3.63, 3.8) is 0 Å². The minimum absolute atomic E-state index is 0.926. The van der Waals surface area contributed by atoms with E-state index in [1.165, 1.54) is 167 Å². The van der Waals surface area contributed by atoms with Crippen LogP contribution in [0.25, 0.3) is 84.0 Å². The van der Waals surface area contributed by atoms with E-state index in [0.717, 1.165) is 94.6 Å². The summed E-state index contributed by atoms with van der Waals surface area (Å²) in [7, 11) is 0. The molecular weight excluding hydrogens is 1130 g/mol. The normalized spacial score (nSPS) is 11.4. The van der Waals surface area contributed by atoms with Gasteiger partial charge in [-0.25, -0.2) is 9.97 Å². The van der Waals surface area contributed by atoms with Gasteiger partial charge in [0.15, 0.2) is 0 Å². The van der Waals surface area contributed by atoms with Crippen LogP contribution in [0.15, 0.2) is 146 Å². The van der Waals surface area contributed by atoms with Gasteiger partial charge < -0.3 is 19.6 Å². The molecular formula is C76H96N6S4. The van der Waals surface area contributed by atoms with Gasteiger partial charge in [0.25, 0.3) is 0 Å². The minimum atomic E-state index is 0.926. The Balaban J connectivity index is 1.16. The minimum Gasteiger partial charge on any atom is -0.372 e. The van der Waals surface area contributed by atoms with E-state index in [4.69, 9.17) is 9.97 Å². The van der Waals surface area contributed by atoms with E-state index in [2.05, 4.69) is 221 Å². The molecule has 9 aromatic rings. The van der Waals surface area contributed by atoms with Gasteiger partial charge in [0.05, 0.1) is 19.5 Å². The predicted molar refractivity (Wildman–Crippen MR) is 385 cm³/mol. The SMILES string of the molecule is CCCCN(CCCC)c1ccc(-c2ccc(-c3nc(-c4ccc(-c5ccc(N(CCCC)CCCC)cc5)s4)c(-c4ccc(-c5ccc(N(CCCC)CCCC)cc5)s4)nc3-c3ccc(-c4ccc(N(CCCC)CCCC)cc4)s3)s2)cc1. The van der Waals surface area contributed by atoms with Crippen LogP contribution in [-0.4, -0.2) is 62.3 Å². The van der Waals surface area contributed by atoms with Crippen molar-refractivity contribution >= 4 is 68.1 Å². The van der Waals surface area contributed by atoms with Gasteiger partial charge in [-0.3, -0.25) is 0 Å². The second kappa shape index (κ2) is 33.3. The van der Waals surface area contributed by atoms with E-state index >= 15 is 0 Å². The third kappa shape index (κ3) is 16.8. The zero-order valence-corrected chi connectivity index (χ0v) is 56.4. The number of thiophene rings is 4. The molecule has 0 amide bonds. The predicted octanol–water partition coefficient (Wildman–Crippen LogP) is 23.7. The maximum atomic E-state index is 5.94. The van der Waals surface area contributed by atoms with Crippen molar-refractivity contribution in [1.29, 1.82) is 0 Å². The van der Waals surface area contributed by atoms with E-state index in [9.17, 15) is 0 Å². The average Bonchev–Trinajstić information content (AvgIpc) is 2.29. The maximum Gasteiger partial charge on any atom is 0.108 e. The Labute approximate surface area is 534 Å². The first-order chi connectivity index (χ1) is 42.3. The highest BCUT2D eigenvalue weighted by Crippen LogP contribution is 2.48. The van der Waals surface area contributed by atoms with Gasteiger partial charge in [-0.2, -0.15) is 0 Å². The Kier molecular flexibility index (Phi) is 25.0. The molecule has 0 bridgehead atoms. The molecule has 9 rings (SSSR count). The van der Waals surface area contributed by atoms with E-state index in [1.807, 2.05) is 45.3 Å². The summed E-state index contributed by atoms with van der Waals surface area (Å²) in [5, 5.41) is 0. The Morgan fingerprint density at radius 2 is 0.384 bits per heavy atom. The molecule has 0 saturated heterocycles. The molecule has 0 aliphatic heterocycles. The summed E-state index contributed by atoms with van der Waals surface area (Å²) < 4.78 is 0. The summed E-state index contributed by atoms with van der Waals surface area (Å²) in [6.45, 7) is 27.1. The fraction of sp³-hybridized carbons (Fsp3) is 0.421. The molecule has 5 aromatic heterocycles. The largest absolute Gasteiger partial charge is 0.372 e. The number of nitrogens with zero attached hydrogens (tertiary/aromatic N) is 6. The van der Waals surface area contributed by atoms with Crippen LogP contribution >= 0.6 is 45.3 Å². The van der Waals surface area contributed by atoms with Gasteiger partial charge >= 0.3 is 0 Å². The highest BCUT2D eigenvalue weighted by molar-refractivity contribution is 7.20. The Hall–Kier alpha value is -6.04. The molecule has 0 atom stereocenters. The summed E-state index contributed by atoms with van der Waals surface area (Å²) >= 11 is 7.30. The van der Waals surface area contributed by atoms with E-state index < -0.39 is 0 Å². The zero-order valence-electron chi connectivity index (χ0n) is 53.1. The molecule has 0 spiro atoms. The topological polar surface area (TPSA) is 38.7 Å². The molecule has 0 unspecified atom stereocenters. The first kappa shape index (κ1) is 64.4. The molecule has 0 aliphatic rings. The maximum absolute atomic E-state index is 5.94. The van der Waals surface area contributed by atoms with Crippen LogP contribution in [0, 0.1) is 0 Å². The molecule has 0 fully saturated rings. The fourth-order valence-corrected chi connectivity index (χ4v) is 15.2. The highest BCUT2D eigenvalue weighted by atomic mass is 32.1. The Morgan fingerprint density at radius 1 is 0.221 bits per heavy atom. The van der Waals surface area contributed by atoms with E-state index in [1.54, 1.807) is 0 Å². The van der Waals surface area contributed by atoms with E-state index in [-0.39, 0.29) is 0 Å². The Bertz CT molecular complexity index is 2920. The van der Waals surface area contributed by atoms with Crippen LogP contribution in [0.3, 0.4) is 0 Å². The summed E-state index contributed by atoms with van der Waals surface area (Å²) in [5.74, 6) is 0. The van der Waals surface area contributed by atoms with Crippen LogP contribution in [-0.2, 0) is 0 Å². The van der Waals surface area contributed by atoms with Crippen LogP contribution < -0.4 is 19.6 Å². The average molecular weight is 1220 g/mol. The lowest BCUT2D eigenvalue weighted by Gasteiger charge is -2.25. The zero-order chi connectivity index (χ0) is 60.0. The first-order valence-electron chi connectivity index (χ1n) is 33.0. The highest BCUT2D eigenvalue weighted by Gasteiger charge is 2.25. The molecule has 0 radical (unpaired) electrons. The fourth-order valence-electron chi connectivity index (χ4n) is 11.2. The monoisotopic (exact) mass is 1220 g/mol. The summed E-state index contributed by atoms with van der Waals surface area (Å²) in [4.78, 5) is 31.6. The molecule has 4 aromatic carbocycles. The number of hydrogen-bond acceptors (Lipinski definition) is 10. The molecule has 10 heteroatoms. The van der Waals surface area contributed by atoms with E-state index in [0.29, 0.717) is 0 Å². The molecule has 6 nitrogen and oxygen atoms in total. The number of benzene rings is 4. The summed E-state index contributed by atoms with van der Waals surface area (Å²) in [6.07, 6.45) is 19.2. The molecule has 0 N–H and O–H groups in total. The second-order valence-electron chi connectivity index (χ2n) is 23.2. The quantitative estimate of drug-likeness (QED) is 0.0390. The Morgan fingerprint density at radius 3 is 0.547 bits per heavy atom. The van der Waals surface area contributed by atoms with Crippen LogP contribution in [0.5, 0.6) is 0 Å². The number of unbranched alkanes of at least 4 members (excludes halogenated alkanes) is 8. The summed E-state index contributed by atoms with van der Waals surface area (Å²) in [6, 6.07) is 55.6. The number of rotatable bonds is 36. The van der Waals surface area contributed by atoms with Crippen molar-refractivity contribution in [3.8, 4) is 84.0 Å². The lowest BCUT2D eigenvalue weighted by atomic mass is 10.1. The molecule has 5 heterocycles. The van der Waals surface area contributed by atoms with Crippen molar-refractivity contribution in [2.24, 2.45) is 0 Å². The van der Waals surface area contributed by atoms with Gasteiger partial charge in [-0.1, -0.05) is 155 Å². The number of hydrogen-bond donors (Lipinski definition) is 0. The standard InChI is InChI=1S/C76H96N6S4/c1-9-17-49-79(50-18-10-2)61-33-25-57(26-34-61)65-41-45-69(83-65)73-74(70-46-42-66(84-70)58-27-35-62(36-28-58)80(51-19-11-3)52-20-12-4)78-76(72-48-44-68(86-72)60-31-39-64(40-32-60)82(55-23-15-7)56-24-16-8)75(77-73)71-47-43-67(85-71)59-29-37-63(38-30-59)81(53-21-13-5)54-22-14-6/h25-48H,9-24,49-56H2,1-8H3. The molecule has 0 saturated carbocycles. The van der Waals surface area contributed by atoms with Crippen LogP contribution in [0.2, 0.25) is 0 Å². The van der Waals surface area contributed by atoms with Gasteiger partial charge in [-0.05, 0) is 171 Å². The number of aromatic nitrogens is 2. The van der Waals surface area contributed by atoms with Crippen molar-refractivity contribution in [2.45, 2.75) is 158 Å². The van der Waals surface area contributed by atoms with Gasteiger partial charge in [-0.15, -0.1) is 45.3 Å². The van der Waals surface area contributed by atoms with Crippen molar-refractivity contribution in [3.05, 3.63) is 146 Å². The lowest BCUT2D eigenvalue weighted by molar-refractivity contribution is 0.678. The molecule has 86 heavy (non-hydrogen) atoms. The summed E-state index contributed by atoms with van der Waals surface area (Å²) in [5.41, 5.74) is 13.9. The van der Waals surface area contributed by atoms with Crippen LogP contribution in [0.1, 0.15) is 158 Å². The molecule has 0 aliphatic carbocycles. The van der Waals surface area contributed by atoms with Crippen molar-refractivity contribution < 1.29 is 0 Å². The van der Waals surface area contributed by atoms with Crippen molar-refractivity contribution in [1.82, 2.24) is 9.97 Å². The van der Waals surface area contributed by atoms with Crippen molar-refractivity contribution in [2.75, 3.05) is 72.0 Å². The second-order valence-corrected chi connectivity index (χ2v) is 27.6. The third-order valence-electron chi connectivity index (χ3n) is 16.6. The van der Waals surface area contributed by atoms with Gasteiger partial charge in [0.2, 0.25) is 0 Å². The van der Waals surface area contributed by atoms with Crippen LogP contribution in [0.4, 0.5) is 22.7 Å². The smallest absolute Gasteiger partial charge is 0.108 e. The van der Waals surface area contributed by atoms with Gasteiger partial charge in [0, 0.05) is 94.6 Å². The first-order valence-corrected chi connectivity index (χ1v) is 36.3. The third-order valence-corrected chi connectivity index (χ3v) is 21.1.